The predicted octanol–water partition coefficient (Wildman–Crippen LogP) is 4.47. The molecular formula is C22H46N2O4. The Labute approximate surface area is 173 Å². The third-order valence-electron chi connectivity index (χ3n) is 3.72. The maximum absolute atomic E-state index is 11.3. The van der Waals surface area contributed by atoms with Crippen LogP contribution < -0.4 is 10.6 Å². The molecule has 28 heavy (non-hydrogen) atoms. The highest BCUT2D eigenvalue weighted by Gasteiger charge is 2.25. The zero-order valence-electron chi connectivity index (χ0n) is 20.0. The van der Waals surface area contributed by atoms with Gasteiger partial charge in [-0.05, 0) is 39.5 Å². The zero-order valence-corrected chi connectivity index (χ0v) is 20.0. The number of amides is 3. The lowest BCUT2D eigenvalue weighted by Gasteiger charge is -2.25. The summed E-state index contributed by atoms with van der Waals surface area (Å²) in [4.78, 5) is 32.1. The Bertz CT molecular complexity index is 421. The Balaban J connectivity index is -0.000000432. The summed E-state index contributed by atoms with van der Waals surface area (Å²) in [6, 6.07) is 0. The zero-order chi connectivity index (χ0) is 22.8. The first-order valence-corrected chi connectivity index (χ1v) is 10.8. The Morgan fingerprint density at radius 2 is 1.75 bits per heavy atom. The van der Waals surface area contributed by atoms with E-state index in [1.54, 1.807) is 6.92 Å². The minimum atomic E-state index is -0.194. The highest BCUT2D eigenvalue weighted by atomic mass is 16.5. The van der Waals surface area contributed by atoms with Crippen molar-refractivity contribution in [2.75, 3.05) is 13.2 Å². The minimum absolute atomic E-state index is 0.109. The summed E-state index contributed by atoms with van der Waals surface area (Å²) in [5, 5.41) is 4.99. The van der Waals surface area contributed by atoms with Gasteiger partial charge in [-0.2, -0.15) is 0 Å². The van der Waals surface area contributed by atoms with Crippen LogP contribution in [0.25, 0.3) is 0 Å². The molecule has 0 aliphatic carbocycles. The molecule has 0 aromatic rings. The maximum Gasteiger partial charge on any atom is 0.229 e. The summed E-state index contributed by atoms with van der Waals surface area (Å²) in [5.41, 5.74) is -0.194. The fourth-order valence-corrected chi connectivity index (χ4v) is 2.03. The monoisotopic (exact) mass is 402 g/mol. The molecule has 3 amide bonds. The average molecular weight is 403 g/mol. The van der Waals surface area contributed by atoms with E-state index >= 15 is 0 Å². The Morgan fingerprint density at radius 3 is 2.07 bits per heavy atom. The highest BCUT2D eigenvalue weighted by Crippen LogP contribution is 2.17. The van der Waals surface area contributed by atoms with Gasteiger partial charge in [0, 0.05) is 31.9 Å². The third kappa shape index (κ3) is 19.3. The summed E-state index contributed by atoms with van der Waals surface area (Å²) in [6.45, 7) is 21.6. The SMILES string of the molecule is CC.CC.CC1CC(=O)NC1=O.CCNC(=O)CCC(C)(C)OCCC(C)C. The van der Waals surface area contributed by atoms with Crippen molar-refractivity contribution in [2.45, 2.75) is 101 Å². The molecule has 1 aliphatic rings. The van der Waals surface area contributed by atoms with E-state index in [1.807, 2.05) is 48.5 Å². The molecule has 6 heteroatoms. The summed E-state index contributed by atoms with van der Waals surface area (Å²) in [7, 11) is 0. The van der Waals surface area contributed by atoms with E-state index in [4.69, 9.17) is 4.74 Å². The number of imide groups is 1. The number of ether oxygens (including phenoxy) is 1. The molecule has 1 aliphatic heterocycles. The van der Waals surface area contributed by atoms with Crippen molar-refractivity contribution in [3.8, 4) is 0 Å². The van der Waals surface area contributed by atoms with E-state index in [0.717, 1.165) is 19.4 Å². The molecule has 168 valence electrons. The van der Waals surface area contributed by atoms with Gasteiger partial charge in [-0.3, -0.25) is 19.7 Å². The number of carbonyl (C=O) groups excluding carboxylic acids is 3. The van der Waals surface area contributed by atoms with Crippen LogP contribution in [0, 0.1) is 11.8 Å². The molecule has 1 heterocycles. The third-order valence-corrected chi connectivity index (χ3v) is 3.72. The van der Waals surface area contributed by atoms with Crippen molar-refractivity contribution in [3.63, 3.8) is 0 Å². The van der Waals surface area contributed by atoms with Gasteiger partial charge in [-0.1, -0.05) is 48.5 Å². The van der Waals surface area contributed by atoms with Crippen LogP contribution in [-0.4, -0.2) is 36.5 Å². The summed E-state index contributed by atoms with van der Waals surface area (Å²) >= 11 is 0. The first-order chi connectivity index (χ1) is 13.1. The van der Waals surface area contributed by atoms with Crippen LogP contribution in [0.5, 0.6) is 0 Å². The number of hydrogen-bond acceptors (Lipinski definition) is 4. The first kappa shape index (κ1) is 31.3. The Kier molecular flexibility index (Phi) is 21.1. The van der Waals surface area contributed by atoms with E-state index in [0.29, 0.717) is 25.3 Å². The number of rotatable bonds is 8. The quantitative estimate of drug-likeness (QED) is 0.587. The van der Waals surface area contributed by atoms with Crippen molar-refractivity contribution < 1.29 is 19.1 Å². The highest BCUT2D eigenvalue weighted by molar-refractivity contribution is 6.03. The van der Waals surface area contributed by atoms with Gasteiger partial charge in [0.05, 0.1) is 5.60 Å². The fraction of sp³-hybridized carbons (Fsp3) is 0.864. The first-order valence-electron chi connectivity index (χ1n) is 10.8. The van der Waals surface area contributed by atoms with Crippen molar-refractivity contribution in [1.82, 2.24) is 10.6 Å². The van der Waals surface area contributed by atoms with Gasteiger partial charge in [-0.15, -0.1) is 0 Å². The second-order valence-electron chi connectivity index (χ2n) is 7.26. The minimum Gasteiger partial charge on any atom is -0.376 e. The van der Waals surface area contributed by atoms with Crippen LogP contribution in [0.3, 0.4) is 0 Å². The summed E-state index contributed by atoms with van der Waals surface area (Å²) < 4.78 is 5.79. The molecule has 0 spiro atoms. The molecule has 0 aromatic heterocycles. The van der Waals surface area contributed by atoms with Crippen LogP contribution in [-0.2, 0) is 19.1 Å². The molecule has 1 fully saturated rings. The molecule has 1 atom stereocenters. The molecule has 0 aromatic carbocycles. The predicted molar refractivity (Wildman–Crippen MR) is 117 cm³/mol. The molecule has 1 unspecified atom stereocenters. The van der Waals surface area contributed by atoms with Gasteiger partial charge in [0.1, 0.15) is 0 Å². The van der Waals surface area contributed by atoms with Crippen LogP contribution in [0.15, 0.2) is 0 Å². The van der Waals surface area contributed by atoms with Crippen LogP contribution in [0.4, 0.5) is 0 Å². The summed E-state index contributed by atoms with van der Waals surface area (Å²) in [5.74, 6) is 0.377. The van der Waals surface area contributed by atoms with Gasteiger partial charge in [-0.25, -0.2) is 0 Å². The molecular weight excluding hydrogens is 356 g/mol. The smallest absolute Gasteiger partial charge is 0.229 e. The average Bonchev–Trinajstić information content (AvgIpc) is 2.93. The van der Waals surface area contributed by atoms with Crippen molar-refractivity contribution in [2.24, 2.45) is 11.8 Å². The Hall–Kier alpha value is -1.43. The van der Waals surface area contributed by atoms with E-state index in [1.165, 1.54) is 0 Å². The second kappa shape index (κ2) is 18.9. The summed E-state index contributed by atoms with van der Waals surface area (Å²) in [6.07, 6.45) is 2.75. The van der Waals surface area contributed by atoms with Crippen molar-refractivity contribution in [1.29, 1.82) is 0 Å². The van der Waals surface area contributed by atoms with Gasteiger partial charge in [0.25, 0.3) is 0 Å². The standard InChI is InChI=1S/C13H27NO2.C5H7NO2.2C2H6/c1-6-14-12(15)7-9-13(4,5)16-10-8-11(2)3;1-3-2-4(7)6-5(3)8;2*1-2/h11H,6-10H2,1-5H3,(H,14,15);3H,2H2,1H3,(H,6,7,8);2*1-2H3. The maximum atomic E-state index is 11.3. The van der Waals surface area contributed by atoms with E-state index in [2.05, 4.69) is 24.5 Å². The molecule has 2 N–H and O–H groups in total. The Morgan fingerprint density at radius 1 is 1.21 bits per heavy atom. The fourth-order valence-electron chi connectivity index (χ4n) is 2.03. The lowest BCUT2D eigenvalue weighted by Crippen LogP contribution is -2.30. The molecule has 0 radical (unpaired) electrons. The van der Waals surface area contributed by atoms with Gasteiger partial charge in [0.2, 0.25) is 17.7 Å². The van der Waals surface area contributed by atoms with Crippen LogP contribution in [0.1, 0.15) is 94.9 Å². The van der Waals surface area contributed by atoms with E-state index in [-0.39, 0.29) is 29.2 Å². The lowest BCUT2D eigenvalue weighted by atomic mass is 10.0. The number of carbonyl (C=O) groups is 3. The van der Waals surface area contributed by atoms with Crippen LogP contribution >= 0.6 is 0 Å². The van der Waals surface area contributed by atoms with E-state index in [9.17, 15) is 14.4 Å². The van der Waals surface area contributed by atoms with Crippen molar-refractivity contribution in [3.05, 3.63) is 0 Å². The van der Waals surface area contributed by atoms with Gasteiger partial charge >= 0.3 is 0 Å². The number of nitrogens with one attached hydrogen (secondary N) is 2. The molecule has 1 saturated heterocycles. The normalized spacial score (nSPS) is 15.3. The second-order valence-corrected chi connectivity index (χ2v) is 7.26. The molecule has 0 saturated carbocycles. The van der Waals surface area contributed by atoms with Gasteiger partial charge in [0.15, 0.2) is 0 Å². The molecule has 6 nitrogen and oxygen atoms in total. The number of hydrogen-bond donors (Lipinski definition) is 2. The van der Waals surface area contributed by atoms with Crippen molar-refractivity contribution >= 4 is 17.7 Å². The largest absolute Gasteiger partial charge is 0.376 e. The van der Waals surface area contributed by atoms with E-state index < -0.39 is 0 Å². The van der Waals surface area contributed by atoms with Crippen LogP contribution in [0.2, 0.25) is 0 Å². The van der Waals surface area contributed by atoms with Gasteiger partial charge < -0.3 is 10.1 Å². The molecule has 1 rings (SSSR count). The topological polar surface area (TPSA) is 84.5 Å². The lowest BCUT2D eigenvalue weighted by molar-refractivity contribution is -0.126. The molecule has 0 bridgehead atoms.